The number of fused-ring (bicyclic) bond motifs is 2. The van der Waals surface area contributed by atoms with E-state index in [0.29, 0.717) is 11.5 Å². The maximum atomic E-state index is 11.0. The van der Waals surface area contributed by atoms with Crippen molar-refractivity contribution in [2.45, 2.75) is 13.0 Å². The van der Waals surface area contributed by atoms with Crippen LogP contribution in [0.5, 0.6) is 0 Å². The van der Waals surface area contributed by atoms with E-state index < -0.39 is 5.97 Å². The molecule has 7 nitrogen and oxygen atoms in total. The first kappa shape index (κ1) is 13.2. The van der Waals surface area contributed by atoms with E-state index in [0.717, 1.165) is 35.9 Å². The predicted octanol–water partition coefficient (Wildman–Crippen LogP) is 2.11. The Balaban J connectivity index is 1.63. The first-order valence-electron chi connectivity index (χ1n) is 6.88. The molecule has 0 fully saturated rings. The molecule has 112 valence electrons. The van der Waals surface area contributed by atoms with Gasteiger partial charge in [-0.15, -0.1) is 11.3 Å². The van der Waals surface area contributed by atoms with Crippen LogP contribution in [0.15, 0.2) is 18.2 Å². The van der Waals surface area contributed by atoms with Crippen molar-refractivity contribution >= 4 is 39.4 Å². The summed E-state index contributed by atoms with van der Waals surface area (Å²) in [5, 5.41) is 16.3. The standard InChI is InChI=1S/C14H13N5O2S/c20-12(21)7-1-2-8-10(5-7)17-13(16-8)19-14-18-9-3-4-15-6-11(9)22-14/h1-2,5,15H,3-4,6H2,(H,20,21)(H2,16,17,18,19). The third-order valence-corrected chi connectivity index (χ3v) is 4.57. The molecule has 3 heterocycles. The Kier molecular flexibility index (Phi) is 3.05. The maximum Gasteiger partial charge on any atom is 0.335 e. The van der Waals surface area contributed by atoms with E-state index >= 15 is 0 Å². The SMILES string of the molecule is O=C(O)c1ccc2nc(Nc3nc4c(s3)CNCC4)[nH]c2c1. The molecule has 1 aromatic carbocycles. The van der Waals surface area contributed by atoms with Crippen LogP contribution in [-0.2, 0) is 13.0 Å². The van der Waals surface area contributed by atoms with Gasteiger partial charge in [-0.1, -0.05) is 0 Å². The first-order valence-corrected chi connectivity index (χ1v) is 7.70. The van der Waals surface area contributed by atoms with Crippen LogP contribution in [0, 0.1) is 0 Å². The van der Waals surface area contributed by atoms with Gasteiger partial charge in [-0.2, -0.15) is 0 Å². The summed E-state index contributed by atoms with van der Waals surface area (Å²) in [6.07, 6.45) is 0.940. The molecule has 0 bridgehead atoms. The number of rotatable bonds is 3. The molecule has 0 atom stereocenters. The molecule has 0 spiro atoms. The minimum Gasteiger partial charge on any atom is -0.478 e. The molecule has 0 radical (unpaired) electrons. The largest absolute Gasteiger partial charge is 0.478 e. The van der Waals surface area contributed by atoms with Gasteiger partial charge in [-0.05, 0) is 18.2 Å². The van der Waals surface area contributed by atoms with Crippen molar-refractivity contribution in [1.29, 1.82) is 0 Å². The number of thiazole rings is 1. The number of nitrogens with zero attached hydrogens (tertiary/aromatic N) is 2. The number of carboxylic acids is 1. The van der Waals surface area contributed by atoms with Crippen molar-refractivity contribution < 1.29 is 9.90 Å². The normalized spacial score (nSPS) is 14.0. The summed E-state index contributed by atoms with van der Waals surface area (Å²) < 4.78 is 0. The quantitative estimate of drug-likeness (QED) is 0.590. The zero-order valence-corrected chi connectivity index (χ0v) is 12.3. The molecule has 0 saturated heterocycles. The predicted molar refractivity (Wildman–Crippen MR) is 83.9 cm³/mol. The summed E-state index contributed by atoms with van der Waals surface area (Å²) in [6.45, 7) is 1.82. The monoisotopic (exact) mass is 315 g/mol. The number of anilines is 2. The molecular weight excluding hydrogens is 302 g/mol. The Morgan fingerprint density at radius 2 is 2.27 bits per heavy atom. The molecule has 1 aliphatic heterocycles. The summed E-state index contributed by atoms with van der Waals surface area (Å²) in [7, 11) is 0. The van der Waals surface area contributed by atoms with E-state index in [2.05, 4.69) is 25.6 Å². The summed E-state index contributed by atoms with van der Waals surface area (Å²) in [5.41, 5.74) is 2.77. The maximum absolute atomic E-state index is 11.0. The van der Waals surface area contributed by atoms with Gasteiger partial charge < -0.3 is 20.7 Å². The van der Waals surface area contributed by atoms with Gasteiger partial charge in [0.25, 0.3) is 0 Å². The van der Waals surface area contributed by atoms with Gasteiger partial charge in [0.15, 0.2) is 5.13 Å². The van der Waals surface area contributed by atoms with Crippen LogP contribution >= 0.6 is 11.3 Å². The van der Waals surface area contributed by atoms with E-state index in [1.807, 2.05) is 0 Å². The van der Waals surface area contributed by atoms with Crippen molar-refractivity contribution in [2.75, 3.05) is 11.9 Å². The Morgan fingerprint density at radius 1 is 1.36 bits per heavy atom. The fraction of sp³-hybridized carbons (Fsp3) is 0.214. The third kappa shape index (κ3) is 2.32. The Labute approximate surface area is 129 Å². The Bertz CT molecular complexity index is 846. The molecule has 0 saturated carbocycles. The van der Waals surface area contributed by atoms with Gasteiger partial charge in [-0.3, -0.25) is 0 Å². The average molecular weight is 315 g/mol. The number of benzene rings is 1. The summed E-state index contributed by atoms with van der Waals surface area (Å²) >= 11 is 1.61. The van der Waals surface area contributed by atoms with E-state index in [1.54, 1.807) is 29.5 Å². The minimum absolute atomic E-state index is 0.235. The highest BCUT2D eigenvalue weighted by molar-refractivity contribution is 7.15. The summed E-state index contributed by atoms with van der Waals surface area (Å²) in [6, 6.07) is 4.81. The number of nitrogens with one attached hydrogen (secondary N) is 3. The number of aromatic amines is 1. The lowest BCUT2D eigenvalue weighted by molar-refractivity contribution is 0.0697. The molecule has 2 aromatic heterocycles. The number of aromatic nitrogens is 3. The highest BCUT2D eigenvalue weighted by Gasteiger charge is 2.15. The highest BCUT2D eigenvalue weighted by Crippen LogP contribution is 2.27. The van der Waals surface area contributed by atoms with Gasteiger partial charge >= 0.3 is 5.97 Å². The number of hydrogen-bond donors (Lipinski definition) is 4. The topological polar surface area (TPSA) is 103 Å². The highest BCUT2D eigenvalue weighted by atomic mass is 32.1. The van der Waals surface area contributed by atoms with Crippen LogP contribution in [-0.4, -0.2) is 32.6 Å². The number of H-pyrrole nitrogens is 1. The number of hydrogen-bond acceptors (Lipinski definition) is 6. The number of carboxylic acid groups (broad SMARTS) is 1. The molecule has 3 aromatic rings. The van der Waals surface area contributed by atoms with E-state index in [1.165, 1.54) is 4.88 Å². The van der Waals surface area contributed by atoms with Crippen LogP contribution in [0.3, 0.4) is 0 Å². The number of aromatic carboxylic acids is 1. The van der Waals surface area contributed by atoms with Gasteiger partial charge in [0.05, 0.1) is 22.3 Å². The molecule has 0 amide bonds. The molecule has 8 heteroatoms. The van der Waals surface area contributed by atoms with Crippen molar-refractivity contribution in [1.82, 2.24) is 20.3 Å². The smallest absolute Gasteiger partial charge is 0.335 e. The average Bonchev–Trinajstić information content (AvgIpc) is 3.08. The molecule has 0 unspecified atom stereocenters. The second-order valence-corrected chi connectivity index (χ2v) is 6.15. The summed E-state index contributed by atoms with van der Waals surface area (Å²) in [4.78, 5) is 24.3. The lowest BCUT2D eigenvalue weighted by Crippen LogP contribution is -2.22. The molecule has 22 heavy (non-hydrogen) atoms. The molecule has 4 rings (SSSR count). The van der Waals surface area contributed by atoms with Crippen molar-refractivity contribution in [2.24, 2.45) is 0 Å². The molecule has 1 aliphatic rings. The van der Waals surface area contributed by atoms with Gasteiger partial charge in [0.1, 0.15) is 0 Å². The lowest BCUT2D eigenvalue weighted by Gasteiger charge is -2.09. The van der Waals surface area contributed by atoms with E-state index in [9.17, 15) is 4.79 Å². The fourth-order valence-corrected chi connectivity index (χ4v) is 3.46. The first-order chi connectivity index (χ1) is 10.7. The fourth-order valence-electron chi connectivity index (χ4n) is 2.48. The minimum atomic E-state index is -0.953. The van der Waals surface area contributed by atoms with E-state index in [4.69, 9.17) is 5.11 Å². The van der Waals surface area contributed by atoms with Crippen LogP contribution < -0.4 is 10.6 Å². The van der Waals surface area contributed by atoms with Crippen molar-refractivity contribution in [3.63, 3.8) is 0 Å². The number of imidazole rings is 1. The Morgan fingerprint density at radius 3 is 3.09 bits per heavy atom. The second kappa shape index (κ2) is 5.08. The lowest BCUT2D eigenvalue weighted by atomic mass is 10.2. The van der Waals surface area contributed by atoms with Gasteiger partial charge in [-0.25, -0.2) is 14.8 Å². The van der Waals surface area contributed by atoms with Gasteiger partial charge in [0, 0.05) is 24.4 Å². The van der Waals surface area contributed by atoms with Gasteiger partial charge in [0.2, 0.25) is 5.95 Å². The summed E-state index contributed by atoms with van der Waals surface area (Å²) in [5.74, 6) is -0.386. The molecule has 4 N–H and O–H groups in total. The van der Waals surface area contributed by atoms with Crippen molar-refractivity contribution in [3.8, 4) is 0 Å². The third-order valence-electron chi connectivity index (χ3n) is 3.56. The van der Waals surface area contributed by atoms with E-state index in [-0.39, 0.29) is 5.56 Å². The zero-order valence-electron chi connectivity index (χ0n) is 11.5. The number of carbonyl (C=O) groups is 1. The Hall–Kier alpha value is -2.45. The van der Waals surface area contributed by atoms with Crippen molar-refractivity contribution in [3.05, 3.63) is 34.3 Å². The van der Waals surface area contributed by atoms with Crippen LogP contribution in [0.2, 0.25) is 0 Å². The zero-order chi connectivity index (χ0) is 15.1. The van der Waals surface area contributed by atoms with Crippen LogP contribution in [0.4, 0.5) is 11.1 Å². The van der Waals surface area contributed by atoms with Crippen LogP contribution in [0.25, 0.3) is 11.0 Å². The molecular formula is C14H13N5O2S. The second-order valence-electron chi connectivity index (χ2n) is 5.06. The molecule has 0 aliphatic carbocycles. The van der Waals surface area contributed by atoms with Crippen LogP contribution in [0.1, 0.15) is 20.9 Å².